The summed E-state index contributed by atoms with van der Waals surface area (Å²) >= 11 is 0. The summed E-state index contributed by atoms with van der Waals surface area (Å²) in [6.45, 7) is 2.97. The Morgan fingerprint density at radius 1 is 1.22 bits per heavy atom. The van der Waals surface area contributed by atoms with Gasteiger partial charge in [-0.05, 0) is 51.1 Å². The highest BCUT2D eigenvalue weighted by atomic mass is 19.4. The first-order chi connectivity index (χ1) is 8.34. The third-order valence-electron chi connectivity index (χ3n) is 4.06. The van der Waals surface area contributed by atoms with Crippen LogP contribution in [0, 0.1) is 0 Å². The van der Waals surface area contributed by atoms with Crippen molar-refractivity contribution in [2.45, 2.75) is 37.9 Å². The molecule has 1 nitrogen and oxygen atoms in total. The Bertz CT molecular complexity index is 427. The van der Waals surface area contributed by atoms with Gasteiger partial charge in [-0.15, -0.1) is 0 Å². The third-order valence-corrected chi connectivity index (χ3v) is 4.06. The monoisotopic (exact) mass is 257 g/mol. The lowest BCUT2D eigenvalue weighted by Gasteiger charge is -2.43. The van der Waals surface area contributed by atoms with Crippen LogP contribution in [0.2, 0.25) is 0 Å². The molecule has 1 aromatic rings. The maximum absolute atomic E-state index is 12.7. The zero-order valence-corrected chi connectivity index (χ0v) is 10.7. The lowest BCUT2D eigenvalue weighted by atomic mass is 9.82. The molecule has 1 aliphatic rings. The van der Waals surface area contributed by atoms with Crippen LogP contribution in [-0.4, -0.2) is 18.5 Å². The minimum atomic E-state index is -4.26. The Hall–Kier alpha value is -1.03. The van der Waals surface area contributed by atoms with Gasteiger partial charge in [0.1, 0.15) is 0 Å². The molecule has 0 bridgehead atoms. The standard InChI is InChI=1S/C14H18F3N/c1-13(8-3-4-9-18(13)2)11-6-5-7-12(10-11)14(15,16)17/h5-7,10H,3-4,8-9H2,1-2H3. The second-order valence-corrected chi connectivity index (χ2v) is 5.23. The molecule has 1 unspecified atom stereocenters. The molecule has 4 heteroatoms. The summed E-state index contributed by atoms with van der Waals surface area (Å²) in [5.74, 6) is 0. The lowest BCUT2D eigenvalue weighted by Crippen LogP contribution is -2.44. The molecule has 1 heterocycles. The van der Waals surface area contributed by atoms with Gasteiger partial charge in [0.2, 0.25) is 0 Å². The number of piperidine rings is 1. The van der Waals surface area contributed by atoms with E-state index in [1.807, 2.05) is 14.0 Å². The average molecular weight is 257 g/mol. The van der Waals surface area contributed by atoms with Crippen molar-refractivity contribution in [2.75, 3.05) is 13.6 Å². The van der Waals surface area contributed by atoms with Crippen molar-refractivity contribution < 1.29 is 13.2 Å². The van der Waals surface area contributed by atoms with E-state index in [2.05, 4.69) is 4.90 Å². The molecule has 1 atom stereocenters. The van der Waals surface area contributed by atoms with Crippen LogP contribution in [0.15, 0.2) is 24.3 Å². The average Bonchev–Trinajstić information content (AvgIpc) is 2.32. The van der Waals surface area contributed by atoms with E-state index in [0.717, 1.165) is 37.4 Å². The summed E-state index contributed by atoms with van der Waals surface area (Å²) in [5, 5.41) is 0. The number of likely N-dealkylation sites (tertiary alicyclic amines) is 1. The molecular weight excluding hydrogens is 239 g/mol. The fourth-order valence-corrected chi connectivity index (χ4v) is 2.65. The zero-order chi connectivity index (χ0) is 13.4. The Balaban J connectivity index is 2.38. The van der Waals surface area contributed by atoms with Crippen LogP contribution >= 0.6 is 0 Å². The Kier molecular flexibility index (Phi) is 3.41. The molecule has 0 spiro atoms. The minimum absolute atomic E-state index is 0.278. The molecule has 0 aromatic heterocycles. The van der Waals surface area contributed by atoms with Gasteiger partial charge in [-0.2, -0.15) is 13.2 Å². The van der Waals surface area contributed by atoms with Crippen molar-refractivity contribution in [2.24, 2.45) is 0 Å². The SMILES string of the molecule is CN1CCCCC1(C)c1cccc(C(F)(F)F)c1. The molecule has 0 aliphatic carbocycles. The van der Waals surface area contributed by atoms with E-state index in [1.54, 1.807) is 6.07 Å². The minimum Gasteiger partial charge on any atom is -0.297 e. The van der Waals surface area contributed by atoms with E-state index in [-0.39, 0.29) is 5.54 Å². The molecule has 1 fully saturated rings. The number of hydrogen-bond donors (Lipinski definition) is 0. The summed E-state index contributed by atoms with van der Waals surface area (Å²) in [4.78, 5) is 2.16. The third kappa shape index (κ3) is 2.39. The van der Waals surface area contributed by atoms with Gasteiger partial charge in [0.15, 0.2) is 0 Å². The fourth-order valence-electron chi connectivity index (χ4n) is 2.65. The van der Waals surface area contributed by atoms with Gasteiger partial charge in [-0.1, -0.05) is 18.6 Å². The molecule has 2 rings (SSSR count). The molecule has 100 valence electrons. The molecular formula is C14H18F3N. The number of hydrogen-bond acceptors (Lipinski definition) is 1. The van der Waals surface area contributed by atoms with E-state index in [9.17, 15) is 13.2 Å². The van der Waals surface area contributed by atoms with Gasteiger partial charge >= 0.3 is 6.18 Å². The van der Waals surface area contributed by atoms with E-state index in [0.29, 0.717) is 0 Å². The summed E-state index contributed by atoms with van der Waals surface area (Å²) in [6.07, 6.45) is -1.17. The first kappa shape index (κ1) is 13.4. The quantitative estimate of drug-likeness (QED) is 0.734. The second-order valence-electron chi connectivity index (χ2n) is 5.23. The molecule has 0 amide bonds. The van der Waals surface area contributed by atoms with Crippen molar-refractivity contribution in [3.8, 4) is 0 Å². The maximum Gasteiger partial charge on any atom is 0.416 e. The number of benzene rings is 1. The number of alkyl halides is 3. The fraction of sp³-hybridized carbons (Fsp3) is 0.571. The van der Waals surface area contributed by atoms with Gasteiger partial charge < -0.3 is 0 Å². The van der Waals surface area contributed by atoms with E-state index < -0.39 is 11.7 Å². The molecule has 0 radical (unpaired) electrons. The molecule has 0 N–H and O–H groups in total. The Morgan fingerprint density at radius 2 is 1.94 bits per heavy atom. The molecule has 1 aromatic carbocycles. The normalized spacial score (nSPS) is 26.3. The highest BCUT2D eigenvalue weighted by Crippen LogP contribution is 2.38. The summed E-state index contributed by atoms with van der Waals surface area (Å²) in [6, 6.07) is 5.74. The summed E-state index contributed by atoms with van der Waals surface area (Å²) < 4.78 is 38.2. The molecule has 1 saturated heterocycles. The van der Waals surface area contributed by atoms with E-state index in [1.165, 1.54) is 12.1 Å². The number of nitrogens with zero attached hydrogens (tertiary/aromatic N) is 1. The highest BCUT2D eigenvalue weighted by molar-refractivity contribution is 5.31. The molecule has 1 aliphatic heterocycles. The van der Waals surface area contributed by atoms with Gasteiger partial charge in [0.05, 0.1) is 5.56 Å². The summed E-state index contributed by atoms with van der Waals surface area (Å²) in [7, 11) is 1.99. The van der Waals surface area contributed by atoms with Gasteiger partial charge in [0, 0.05) is 5.54 Å². The maximum atomic E-state index is 12.7. The first-order valence-corrected chi connectivity index (χ1v) is 6.23. The predicted octanol–water partition coefficient (Wildman–Crippen LogP) is 4.04. The van der Waals surface area contributed by atoms with Crippen LogP contribution in [0.5, 0.6) is 0 Å². The molecule has 0 saturated carbocycles. The van der Waals surface area contributed by atoms with Gasteiger partial charge in [-0.3, -0.25) is 4.90 Å². The van der Waals surface area contributed by atoms with Crippen LogP contribution in [0.1, 0.15) is 37.3 Å². The number of rotatable bonds is 1. The lowest BCUT2D eigenvalue weighted by molar-refractivity contribution is -0.137. The summed E-state index contributed by atoms with van der Waals surface area (Å²) in [5.41, 5.74) is -0.0702. The van der Waals surface area contributed by atoms with Gasteiger partial charge in [-0.25, -0.2) is 0 Å². The van der Waals surface area contributed by atoms with E-state index in [4.69, 9.17) is 0 Å². The van der Waals surface area contributed by atoms with Crippen LogP contribution in [0.4, 0.5) is 13.2 Å². The zero-order valence-electron chi connectivity index (χ0n) is 10.7. The van der Waals surface area contributed by atoms with Crippen molar-refractivity contribution >= 4 is 0 Å². The van der Waals surface area contributed by atoms with Crippen LogP contribution in [0.25, 0.3) is 0 Å². The van der Waals surface area contributed by atoms with Crippen molar-refractivity contribution in [3.05, 3.63) is 35.4 Å². The van der Waals surface area contributed by atoms with Crippen LogP contribution in [0.3, 0.4) is 0 Å². The van der Waals surface area contributed by atoms with Crippen LogP contribution < -0.4 is 0 Å². The first-order valence-electron chi connectivity index (χ1n) is 6.23. The Morgan fingerprint density at radius 3 is 2.56 bits per heavy atom. The van der Waals surface area contributed by atoms with Gasteiger partial charge in [0.25, 0.3) is 0 Å². The van der Waals surface area contributed by atoms with Crippen molar-refractivity contribution in [1.82, 2.24) is 4.90 Å². The smallest absolute Gasteiger partial charge is 0.297 e. The van der Waals surface area contributed by atoms with Crippen molar-refractivity contribution in [3.63, 3.8) is 0 Å². The Labute approximate surface area is 106 Å². The largest absolute Gasteiger partial charge is 0.416 e. The van der Waals surface area contributed by atoms with Crippen molar-refractivity contribution in [1.29, 1.82) is 0 Å². The number of halogens is 3. The predicted molar refractivity (Wildman–Crippen MR) is 65.3 cm³/mol. The molecule has 18 heavy (non-hydrogen) atoms. The second kappa shape index (κ2) is 4.57. The van der Waals surface area contributed by atoms with E-state index >= 15 is 0 Å². The van der Waals surface area contributed by atoms with Crippen LogP contribution in [-0.2, 0) is 11.7 Å². The highest BCUT2D eigenvalue weighted by Gasteiger charge is 2.36. The topological polar surface area (TPSA) is 3.24 Å².